The second-order valence-electron chi connectivity index (χ2n) is 6.56. The molecule has 6 heteroatoms. The summed E-state index contributed by atoms with van der Waals surface area (Å²) in [5, 5.41) is 6.81. The average molecular weight is 344 g/mol. The number of amides is 1. The fraction of sp³-hybridized carbons (Fsp3) is 0.474. The molecule has 1 aliphatic carbocycles. The molecule has 1 aliphatic rings. The van der Waals surface area contributed by atoms with Crippen LogP contribution in [0.1, 0.15) is 47.5 Å². The van der Waals surface area contributed by atoms with Crippen LogP contribution in [0, 0.1) is 6.92 Å². The van der Waals surface area contributed by atoms with Crippen LogP contribution >= 0.6 is 0 Å². The number of carbonyl (C=O) groups is 1. The van der Waals surface area contributed by atoms with Crippen molar-refractivity contribution in [3.8, 4) is 11.5 Å². The zero-order valence-electron chi connectivity index (χ0n) is 14.9. The fourth-order valence-electron chi connectivity index (χ4n) is 3.60. The van der Waals surface area contributed by atoms with Gasteiger partial charge in [-0.2, -0.15) is 0 Å². The highest BCUT2D eigenvalue weighted by Crippen LogP contribution is 2.43. The number of methoxy groups -OCH3 is 2. The van der Waals surface area contributed by atoms with Gasteiger partial charge in [0.25, 0.3) is 5.91 Å². The molecule has 0 saturated heterocycles. The molecule has 1 aromatic heterocycles. The molecule has 2 aromatic rings. The summed E-state index contributed by atoms with van der Waals surface area (Å²) in [6, 6.07) is 7.67. The average Bonchev–Trinajstić information content (AvgIpc) is 3.29. The van der Waals surface area contributed by atoms with Gasteiger partial charge in [-0.3, -0.25) is 4.79 Å². The van der Waals surface area contributed by atoms with E-state index < -0.39 is 0 Å². The summed E-state index contributed by atoms with van der Waals surface area (Å²) >= 11 is 0. The Hall–Kier alpha value is -2.50. The van der Waals surface area contributed by atoms with E-state index in [0.29, 0.717) is 29.5 Å². The molecule has 6 nitrogen and oxygen atoms in total. The van der Waals surface area contributed by atoms with Crippen LogP contribution in [0.15, 0.2) is 28.8 Å². The highest BCUT2D eigenvalue weighted by atomic mass is 16.5. The maximum atomic E-state index is 12.3. The minimum absolute atomic E-state index is 0.0893. The van der Waals surface area contributed by atoms with Gasteiger partial charge in [-0.05, 0) is 37.5 Å². The van der Waals surface area contributed by atoms with Crippen molar-refractivity contribution in [2.24, 2.45) is 0 Å². The van der Waals surface area contributed by atoms with Crippen LogP contribution in [0.2, 0.25) is 0 Å². The Labute approximate surface area is 147 Å². The van der Waals surface area contributed by atoms with Gasteiger partial charge >= 0.3 is 0 Å². The molecule has 1 heterocycles. The SMILES string of the molecule is COc1ccc(C2(CNC(=O)c3cc(C)on3)CCCC2)cc1OC. The summed E-state index contributed by atoms with van der Waals surface area (Å²) < 4.78 is 15.8. The molecule has 1 fully saturated rings. The smallest absolute Gasteiger partial charge is 0.273 e. The number of aryl methyl sites for hydroxylation is 1. The van der Waals surface area contributed by atoms with Gasteiger partial charge < -0.3 is 19.3 Å². The van der Waals surface area contributed by atoms with Gasteiger partial charge in [-0.15, -0.1) is 0 Å². The van der Waals surface area contributed by atoms with Crippen molar-refractivity contribution in [1.29, 1.82) is 0 Å². The largest absolute Gasteiger partial charge is 0.493 e. The Bertz CT molecular complexity index is 748. The molecule has 1 N–H and O–H groups in total. The Morgan fingerprint density at radius 1 is 1.20 bits per heavy atom. The number of rotatable bonds is 6. The zero-order valence-corrected chi connectivity index (χ0v) is 14.9. The molecule has 0 bridgehead atoms. The Kier molecular flexibility index (Phi) is 4.97. The van der Waals surface area contributed by atoms with E-state index in [1.807, 2.05) is 12.1 Å². The first kappa shape index (κ1) is 17.3. The maximum Gasteiger partial charge on any atom is 0.273 e. The van der Waals surface area contributed by atoms with E-state index in [9.17, 15) is 4.79 Å². The van der Waals surface area contributed by atoms with Crippen LogP contribution in [0.3, 0.4) is 0 Å². The van der Waals surface area contributed by atoms with Gasteiger partial charge in [0.1, 0.15) is 5.76 Å². The summed E-state index contributed by atoms with van der Waals surface area (Å²) in [6.45, 7) is 2.33. The van der Waals surface area contributed by atoms with Crippen molar-refractivity contribution in [1.82, 2.24) is 10.5 Å². The van der Waals surface area contributed by atoms with Crippen molar-refractivity contribution < 1.29 is 18.8 Å². The molecular formula is C19H24N2O4. The second-order valence-corrected chi connectivity index (χ2v) is 6.56. The lowest BCUT2D eigenvalue weighted by atomic mass is 9.78. The van der Waals surface area contributed by atoms with E-state index in [4.69, 9.17) is 14.0 Å². The first-order valence-electron chi connectivity index (χ1n) is 8.52. The molecule has 25 heavy (non-hydrogen) atoms. The normalized spacial score (nSPS) is 15.8. The highest BCUT2D eigenvalue weighted by molar-refractivity contribution is 5.92. The van der Waals surface area contributed by atoms with E-state index in [-0.39, 0.29) is 11.3 Å². The number of carbonyl (C=O) groups excluding carboxylic acids is 1. The quantitative estimate of drug-likeness (QED) is 0.871. The predicted octanol–water partition coefficient (Wildman–Crippen LogP) is 3.24. The Balaban J connectivity index is 1.81. The van der Waals surface area contributed by atoms with Crippen LogP contribution < -0.4 is 14.8 Å². The summed E-state index contributed by atoms with van der Waals surface area (Å²) in [7, 11) is 3.26. The lowest BCUT2D eigenvalue weighted by Crippen LogP contribution is -2.39. The van der Waals surface area contributed by atoms with Crippen molar-refractivity contribution in [2.75, 3.05) is 20.8 Å². The Morgan fingerprint density at radius 2 is 1.92 bits per heavy atom. The van der Waals surface area contributed by atoms with E-state index in [1.165, 1.54) is 5.56 Å². The lowest BCUT2D eigenvalue weighted by Gasteiger charge is -2.30. The van der Waals surface area contributed by atoms with Gasteiger partial charge in [-0.1, -0.05) is 24.1 Å². The fourth-order valence-corrected chi connectivity index (χ4v) is 3.60. The molecule has 0 unspecified atom stereocenters. The first-order chi connectivity index (χ1) is 12.1. The highest BCUT2D eigenvalue weighted by Gasteiger charge is 2.36. The Morgan fingerprint density at radius 3 is 2.52 bits per heavy atom. The molecule has 1 aromatic carbocycles. The summed E-state index contributed by atoms with van der Waals surface area (Å²) in [4.78, 5) is 12.3. The molecule has 0 spiro atoms. The number of hydrogen-bond donors (Lipinski definition) is 1. The van der Waals surface area contributed by atoms with Gasteiger partial charge in [-0.25, -0.2) is 0 Å². The predicted molar refractivity (Wildman–Crippen MR) is 93.3 cm³/mol. The van der Waals surface area contributed by atoms with Crippen molar-refractivity contribution in [3.05, 3.63) is 41.3 Å². The molecular weight excluding hydrogens is 320 g/mol. The van der Waals surface area contributed by atoms with Crippen molar-refractivity contribution in [3.63, 3.8) is 0 Å². The second kappa shape index (κ2) is 7.17. The van der Waals surface area contributed by atoms with E-state index in [0.717, 1.165) is 25.7 Å². The summed E-state index contributed by atoms with van der Waals surface area (Å²) in [6.07, 6.45) is 4.35. The van der Waals surface area contributed by atoms with E-state index >= 15 is 0 Å². The third-order valence-electron chi connectivity index (χ3n) is 5.00. The van der Waals surface area contributed by atoms with Gasteiger partial charge in [0.15, 0.2) is 17.2 Å². The third kappa shape index (κ3) is 3.48. The van der Waals surface area contributed by atoms with Crippen LogP contribution in [0.4, 0.5) is 0 Å². The first-order valence-corrected chi connectivity index (χ1v) is 8.52. The van der Waals surface area contributed by atoms with Gasteiger partial charge in [0.05, 0.1) is 14.2 Å². The molecule has 0 radical (unpaired) electrons. The number of ether oxygens (including phenoxy) is 2. The molecule has 0 aliphatic heterocycles. The summed E-state index contributed by atoms with van der Waals surface area (Å²) in [5.74, 6) is 1.84. The van der Waals surface area contributed by atoms with Gasteiger partial charge in [0.2, 0.25) is 0 Å². The molecule has 3 rings (SSSR count). The maximum absolute atomic E-state index is 12.3. The van der Waals surface area contributed by atoms with Gasteiger partial charge in [0, 0.05) is 18.0 Å². The topological polar surface area (TPSA) is 73.6 Å². The lowest BCUT2D eigenvalue weighted by molar-refractivity contribution is 0.0934. The van der Waals surface area contributed by atoms with Crippen molar-refractivity contribution >= 4 is 5.91 Å². The number of hydrogen-bond acceptors (Lipinski definition) is 5. The van der Waals surface area contributed by atoms with Crippen LogP contribution in [0.25, 0.3) is 0 Å². The monoisotopic (exact) mass is 344 g/mol. The third-order valence-corrected chi connectivity index (χ3v) is 5.00. The molecule has 134 valence electrons. The number of nitrogens with one attached hydrogen (secondary N) is 1. The van der Waals surface area contributed by atoms with E-state index in [1.54, 1.807) is 27.2 Å². The van der Waals surface area contributed by atoms with Crippen LogP contribution in [0.5, 0.6) is 11.5 Å². The molecule has 1 saturated carbocycles. The number of nitrogens with zero attached hydrogens (tertiary/aromatic N) is 1. The minimum Gasteiger partial charge on any atom is -0.493 e. The number of aromatic nitrogens is 1. The van der Waals surface area contributed by atoms with Crippen LogP contribution in [-0.4, -0.2) is 31.8 Å². The van der Waals surface area contributed by atoms with Crippen LogP contribution in [-0.2, 0) is 5.41 Å². The van der Waals surface area contributed by atoms with Crippen molar-refractivity contribution in [2.45, 2.75) is 38.0 Å². The number of benzene rings is 1. The van der Waals surface area contributed by atoms with E-state index in [2.05, 4.69) is 16.5 Å². The minimum atomic E-state index is -0.205. The standard InChI is InChI=1S/C19H24N2O4/c1-13-10-15(21-25-13)18(22)20-12-19(8-4-5-9-19)14-6-7-16(23-2)17(11-14)24-3/h6-7,10-11H,4-5,8-9,12H2,1-3H3,(H,20,22). The molecule has 1 amide bonds. The molecule has 0 atom stereocenters. The summed E-state index contributed by atoms with van der Waals surface area (Å²) in [5.41, 5.74) is 1.39. The zero-order chi connectivity index (χ0) is 17.9.